The van der Waals surface area contributed by atoms with Crippen LogP contribution in [-0.2, 0) is 14.3 Å². The van der Waals surface area contributed by atoms with Crippen molar-refractivity contribution in [2.24, 2.45) is 5.92 Å². The summed E-state index contributed by atoms with van der Waals surface area (Å²) in [4.78, 5) is 24.8. The number of carbonyl (C=O) groups excluding carboxylic acids is 2. The SMILES string of the molecule is C/C=C/C(O)[C@@H]1[C@H](OC(C)=O)CCN2C(=O)CC[C@@H]12. The minimum atomic E-state index is -0.687. The number of hydrogen-bond acceptors (Lipinski definition) is 4. The molecule has 4 atom stereocenters. The number of esters is 1. The highest BCUT2D eigenvalue weighted by Crippen LogP contribution is 2.36. The van der Waals surface area contributed by atoms with E-state index in [0.717, 1.165) is 6.42 Å². The standard InChI is InChI=1S/C14H21NO4/c1-3-4-11(17)14-10-5-6-13(18)15(10)8-7-12(14)19-9(2)16/h3-4,10-12,14,17H,5-8H2,1-2H3/b4-3+/t10-,11?,12+,14+/m0/s1. The van der Waals surface area contributed by atoms with Crippen LogP contribution < -0.4 is 0 Å². The van der Waals surface area contributed by atoms with Gasteiger partial charge in [-0.2, -0.15) is 0 Å². The van der Waals surface area contributed by atoms with Gasteiger partial charge in [0, 0.05) is 38.3 Å². The highest BCUT2D eigenvalue weighted by Gasteiger charge is 2.47. The normalized spacial score (nSPS) is 32.5. The lowest BCUT2D eigenvalue weighted by atomic mass is 9.82. The van der Waals surface area contributed by atoms with Crippen LogP contribution in [0.4, 0.5) is 0 Å². The maximum Gasteiger partial charge on any atom is 0.302 e. The molecule has 0 aromatic heterocycles. The molecule has 0 aromatic rings. The molecule has 2 rings (SSSR count). The zero-order valence-electron chi connectivity index (χ0n) is 11.4. The minimum absolute atomic E-state index is 0.0169. The van der Waals surface area contributed by atoms with Crippen molar-refractivity contribution in [1.29, 1.82) is 0 Å². The second-order valence-corrected chi connectivity index (χ2v) is 5.22. The van der Waals surface area contributed by atoms with Crippen LogP contribution in [0.1, 0.15) is 33.1 Å². The van der Waals surface area contributed by atoms with Gasteiger partial charge in [0.25, 0.3) is 0 Å². The second kappa shape index (κ2) is 5.74. The van der Waals surface area contributed by atoms with Gasteiger partial charge in [-0.1, -0.05) is 12.2 Å². The zero-order valence-corrected chi connectivity index (χ0v) is 11.4. The average Bonchev–Trinajstić information content (AvgIpc) is 2.70. The fourth-order valence-electron chi connectivity index (χ4n) is 3.28. The summed E-state index contributed by atoms with van der Waals surface area (Å²) in [5.74, 6) is -0.412. The molecule has 5 heteroatoms. The highest BCUT2D eigenvalue weighted by molar-refractivity contribution is 5.79. The van der Waals surface area contributed by atoms with Crippen LogP contribution in [0.15, 0.2) is 12.2 Å². The van der Waals surface area contributed by atoms with E-state index in [1.54, 1.807) is 12.2 Å². The Labute approximate surface area is 113 Å². The second-order valence-electron chi connectivity index (χ2n) is 5.22. The molecule has 1 amide bonds. The van der Waals surface area contributed by atoms with Crippen molar-refractivity contribution in [1.82, 2.24) is 4.90 Å². The monoisotopic (exact) mass is 267 g/mol. The molecule has 0 spiro atoms. The van der Waals surface area contributed by atoms with Crippen LogP contribution in [0.25, 0.3) is 0 Å². The molecular formula is C14H21NO4. The summed E-state index contributed by atoms with van der Waals surface area (Å²) in [6, 6.07) is -0.0169. The van der Waals surface area contributed by atoms with Gasteiger partial charge < -0.3 is 14.7 Å². The number of hydrogen-bond donors (Lipinski definition) is 1. The van der Waals surface area contributed by atoms with Crippen molar-refractivity contribution in [3.05, 3.63) is 12.2 Å². The maximum absolute atomic E-state index is 11.8. The number of fused-ring (bicyclic) bond motifs is 1. The molecule has 0 saturated carbocycles. The Morgan fingerprint density at radius 2 is 2.26 bits per heavy atom. The number of aliphatic hydroxyl groups excluding tert-OH is 1. The van der Waals surface area contributed by atoms with Crippen molar-refractivity contribution in [2.45, 2.75) is 51.4 Å². The number of piperidine rings is 1. The molecular weight excluding hydrogens is 246 g/mol. The fourth-order valence-corrected chi connectivity index (χ4v) is 3.28. The lowest BCUT2D eigenvalue weighted by Crippen LogP contribution is -2.54. The van der Waals surface area contributed by atoms with Crippen molar-refractivity contribution >= 4 is 11.9 Å². The number of carbonyl (C=O) groups is 2. The summed E-state index contributed by atoms with van der Waals surface area (Å²) in [5, 5.41) is 10.3. The smallest absolute Gasteiger partial charge is 0.302 e. The van der Waals surface area contributed by atoms with Crippen LogP contribution in [-0.4, -0.2) is 46.7 Å². The zero-order chi connectivity index (χ0) is 14.0. The van der Waals surface area contributed by atoms with Gasteiger partial charge in [0.05, 0.1) is 6.10 Å². The molecule has 2 fully saturated rings. The molecule has 2 aliphatic heterocycles. The molecule has 0 bridgehead atoms. The number of rotatable bonds is 3. The van der Waals surface area contributed by atoms with Gasteiger partial charge in [0.15, 0.2) is 0 Å². The predicted molar refractivity (Wildman–Crippen MR) is 69.2 cm³/mol. The van der Waals surface area contributed by atoms with E-state index in [0.29, 0.717) is 19.4 Å². The molecule has 0 aromatic carbocycles. The summed E-state index contributed by atoms with van der Waals surface area (Å²) in [5.41, 5.74) is 0. The Morgan fingerprint density at radius 3 is 2.89 bits per heavy atom. The molecule has 19 heavy (non-hydrogen) atoms. The average molecular weight is 267 g/mol. The Morgan fingerprint density at radius 1 is 1.53 bits per heavy atom. The van der Waals surface area contributed by atoms with E-state index in [1.165, 1.54) is 6.92 Å². The minimum Gasteiger partial charge on any atom is -0.462 e. The number of ether oxygens (including phenoxy) is 1. The highest BCUT2D eigenvalue weighted by atomic mass is 16.5. The largest absolute Gasteiger partial charge is 0.462 e. The summed E-state index contributed by atoms with van der Waals surface area (Å²) >= 11 is 0. The number of amides is 1. The Kier molecular flexibility index (Phi) is 4.24. The molecule has 0 radical (unpaired) electrons. The van der Waals surface area contributed by atoms with Crippen molar-refractivity contribution < 1.29 is 19.4 Å². The number of allylic oxidation sites excluding steroid dienone is 1. The first-order valence-electron chi connectivity index (χ1n) is 6.82. The van der Waals surface area contributed by atoms with Gasteiger partial charge in [-0.3, -0.25) is 9.59 Å². The quantitative estimate of drug-likeness (QED) is 0.608. The van der Waals surface area contributed by atoms with Crippen LogP contribution in [0.3, 0.4) is 0 Å². The van der Waals surface area contributed by atoms with Gasteiger partial charge in [0.1, 0.15) is 6.10 Å². The van der Waals surface area contributed by atoms with E-state index in [2.05, 4.69) is 0 Å². The molecule has 2 aliphatic rings. The van der Waals surface area contributed by atoms with E-state index in [9.17, 15) is 14.7 Å². The molecule has 1 N–H and O–H groups in total. The topological polar surface area (TPSA) is 66.8 Å². The first-order valence-corrected chi connectivity index (χ1v) is 6.82. The van der Waals surface area contributed by atoms with Crippen LogP contribution in [0.2, 0.25) is 0 Å². The Balaban J connectivity index is 2.21. The van der Waals surface area contributed by atoms with E-state index in [-0.39, 0.29) is 29.9 Å². The summed E-state index contributed by atoms with van der Waals surface area (Å²) in [6.45, 7) is 3.83. The van der Waals surface area contributed by atoms with Crippen LogP contribution in [0, 0.1) is 5.92 Å². The lowest BCUT2D eigenvalue weighted by molar-refractivity contribution is -0.158. The molecule has 2 saturated heterocycles. The molecule has 2 heterocycles. The van der Waals surface area contributed by atoms with Crippen molar-refractivity contribution in [3.8, 4) is 0 Å². The maximum atomic E-state index is 11.8. The van der Waals surface area contributed by atoms with Gasteiger partial charge in [-0.15, -0.1) is 0 Å². The first-order chi connectivity index (χ1) is 9.04. The summed E-state index contributed by atoms with van der Waals surface area (Å²) in [7, 11) is 0. The van der Waals surface area contributed by atoms with Crippen LogP contribution in [0.5, 0.6) is 0 Å². The van der Waals surface area contributed by atoms with Gasteiger partial charge in [0.2, 0.25) is 5.91 Å². The van der Waals surface area contributed by atoms with E-state index < -0.39 is 6.10 Å². The van der Waals surface area contributed by atoms with Crippen molar-refractivity contribution in [3.63, 3.8) is 0 Å². The predicted octanol–water partition coefficient (Wildman–Crippen LogP) is 0.866. The van der Waals surface area contributed by atoms with Crippen LogP contribution >= 0.6 is 0 Å². The third-order valence-corrected chi connectivity index (χ3v) is 4.00. The van der Waals surface area contributed by atoms with Crippen molar-refractivity contribution in [2.75, 3.05) is 6.54 Å². The molecule has 5 nitrogen and oxygen atoms in total. The molecule has 106 valence electrons. The lowest BCUT2D eigenvalue weighted by Gasteiger charge is -2.42. The molecule has 1 unspecified atom stereocenters. The van der Waals surface area contributed by atoms with E-state index in [1.807, 2.05) is 11.8 Å². The Hall–Kier alpha value is -1.36. The molecule has 0 aliphatic carbocycles. The number of nitrogens with zero attached hydrogens (tertiary/aromatic N) is 1. The summed E-state index contributed by atoms with van der Waals surface area (Å²) < 4.78 is 5.34. The van der Waals surface area contributed by atoms with Gasteiger partial charge >= 0.3 is 5.97 Å². The number of aliphatic hydroxyl groups is 1. The fraction of sp³-hybridized carbons (Fsp3) is 0.714. The van der Waals surface area contributed by atoms with Gasteiger partial charge in [-0.05, 0) is 13.3 Å². The third-order valence-electron chi connectivity index (χ3n) is 4.00. The van der Waals surface area contributed by atoms with Gasteiger partial charge in [-0.25, -0.2) is 0 Å². The Bertz CT molecular complexity index is 393. The van der Waals surface area contributed by atoms with E-state index in [4.69, 9.17) is 4.74 Å². The first kappa shape index (κ1) is 14.1. The summed E-state index contributed by atoms with van der Waals surface area (Å²) in [6.07, 6.45) is 4.34. The van der Waals surface area contributed by atoms with E-state index >= 15 is 0 Å². The third kappa shape index (κ3) is 2.81.